The Morgan fingerprint density at radius 2 is 1.53 bits per heavy atom. The molecule has 1 aromatic heterocycles. The molecule has 0 N–H and O–H groups in total. The molecule has 0 bridgehead atoms. The summed E-state index contributed by atoms with van der Waals surface area (Å²) in [5, 5.41) is 0. The molecule has 0 saturated carbocycles. The zero-order chi connectivity index (χ0) is 25.4. The summed E-state index contributed by atoms with van der Waals surface area (Å²) in [6, 6.07) is 15.1. The van der Waals surface area contributed by atoms with E-state index < -0.39 is 28.7 Å². The number of rotatable bonds is 6. The van der Waals surface area contributed by atoms with E-state index in [0.29, 0.717) is 30.8 Å². The molecule has 1 aliphatic heterocycles. The van der Waals surface area contributed by atoms with Crippen LogP contribution in [0.25, 0.3) is 11.1 Å². The molecule has 0 spiro atoms. The summed E-state index contributed by atoms with van der Waals surface area (Å²) in [6.45, 7) is 4.75. The van der Waals surface area contributed by atoms with Crippen molar-refractivity contribution >= 4 is 28.4 Å². The minimum absolute atomic E-state index is 0.0248. The Hall–Kier alpha value is -4.11. The molecule has 0 aliphatic carbocycles. The predicted octanol–water partition coefficient (Wildman–Crippen LogP) is 4.09. The summed E-state index contributed by atoms with van der Waals surface area (Å²) in [6.07, 6.45) is 0. The number of aromatic nitrogens is 1. The highest BCUT2D eigenvalue weighted by Gasteiger charge is 2.22. The van der Waals surface area contributed by atoms with Crippen molar-refractivity contribution in [1.82, 2.24) is 9.47 Å². The lowest BCUT2D eigenvalue weighted by Gasteiger charge is -2.36. The van der Waals surface area contributed by atoms with Gasteiger partial charge in [-0.25, -0.2) is 13.6 Å². The van der Waals surface area contributed by atoms with Gasteiger partial charge in [-0.2, -0.15) is 0 Å². The number of hydrogen-bond acceptors (Lipinski definition) is 6. The van der Waals surface area contributed by atoms with E-state index in [9.17, 15) is 23.2 Å². The van der Waals surface area contributed by atoms with Crippen LogP contribution in [0.2, 0.25) is 0 Å². The van der Waals surface area contributed by atoms with E-state index in [1.54, 1.807) is 6.07 Å². The molecule has 7 nitrogen and oxygen atoms in total. The summed E-state index contributed by atoms with van der Waals surface area (Å²) in [7, 11) is 0. The van der Waals surface area contributed by atoms with Crippen molar-refractivity contribution < 1.29 is 22.8 Å². The van der Waals surface area contributed by atoms with Crippen LogP contribution in [-0.2, 0) is 6.67 Å². The van der Waals surface area contributed by atoms with Gasteiger partial charge in [0.2, 0.25) is 0 Å². The molecule has 1 fully saturated rings. The number of hydrogen-bond donors (Lipinski definition) is 0. The first-order valence-electron chi connectivity index (χ1n) is 11.5. The van der Waals surface area contributed by atoms with Gasteiger partial charge < -0.3 is 9.32 Å². The molecule has 0 radical (unpaired) electrons. The van der Waals surface area contributed by atoms with Gasteiger partial charge in [-0.15, -0.1) is 0 Å². The quantitative estimate of drug-likeness (QED) is 0.379. The van der Waals surface area contributed by atoms with Crippen molar-refractivity contribution in [2.75, 3.05) is 31.1 Å². The monoisotopic (exact) mass is 491 g/mol. The smallest absolute Gasteiger partial charge is 0.408 e. The third-order valence-electron chi connectivity index (χ3n) is 6.47. The number of Topliss-reactive ketones (excluding diaryl/α,β-unsaturated/α-hetero) is 1. The molecule has 1 saturated heterocycles. The number of piperazine rings is 1. The molecule has 184 valence electrons. The fraction of sp³-hybridized carbons (Fsp3) is 0.222. The minimum atomic E-state index is -0.951. The molecule has 0 atom stereocenters. The van der Waals surface area contributed by atoms with Gasteiger partial charge in [-0.1, -0.05) is 6.07 Å². The molecule has 5 rings (SSSR count). The van der Waals surface area contributed by atoms with Crippen molar-refractivity contribution in [2.24, 2.45) is 0 Å². The SMILES string of the molecule is CC(=O)c1ccc(N2CCN(Cn3c(=O)oc4cc(C(=O)c5c(F)cccc5F)ccc43)CC2)cc1. The van der Waals surface area contributed by atoms with Gasteiger partial charge in [0.25, 0.3) is 0 Å². The summed E-state index contributed by atoms with van der Waals surface area (Å²) >= 11 is 0. The van der Waals surface area contributed by atoms with Gasteiger partial charge >= 0.3 is 5.76 Å². The molecular formula is C27H23F2N3O4. The zero-order valence-electron chi connectivity index (χ0n) is 19.5. The number of ketones is 2. The number of oxazole rings is 1. The Morgan fingerprint density at radius 1 is 0.889 bits per heavy atom. The van der Waals surface area contributed by atoms with Crippen molar-refractivity contribution in [3.05, 3.63) is 99.5 Å². The fourth-order valence-corrected chi connectivity index (χ4v) is 4.46. The van der Waals surface area contributed by atoms with Crippen molar-refractivity contribution in [2.45, 2.75) is 13.6 Å². The van der Waals surface area contributed by atoms with Gasteiger partial charge in [0.15, 0.2) is 17.1 Å². The van der Waals surface area contributed by atoms with Crippen LogP contribution in [0.1, 0.15) is 33.2 Å². The number of halogens is 2. The number of fused-ring (bicyclic) bond motifs is 1. The molecule has 0 unspecified atom stereocenters. The van der Waals surface area contributed by atoms with Crippen molar-refractivity contribution in [3.8, 4) is 0 Å². The molecular weight excluding hydrogens is 468 g/mol. The predicted molar refractivity (Wildman–Crippen MR) is 130 cm³/mol. The van der Waals surface area contributed by atoms with Gasteiger partial charge in [0.05, 0.1) is 17.7 Å². The van der Waals surface area contributed by atoms with Gasteiger partial charge in [0.1, 0.15) is 11.6 Å². The standard InChI is InChI=1S/C27H23F2N3O4/c1-17(33)18-5-8-20(9-6-18)31-13-11-30(12-14-31)16-32-23-10-7-19(15-24(23)36-27(32)35)26(34)25-21(28)3-2-4-22(25)29/h2-10,15H,11-14,16H2,1H3. The van der Waals surface area contributed by atoms with Crippen LogP contribution < -0.4 is 10.7 Å². The first-order valence-corrected chi connectivity index (χ1v) is 11.5. The lowest BCUT2D eigenvalue weighted by atomic mass is 10.0. The third kappa shape index (κ3) is 4.45. The topological polar surface area (TPSA) is 75.8 Å². The average molecular weight is 491 g/mol. The van der Waals surface area contributed by atoms with E-state index in [1.807, 2.05) is 24.3 Å². The van der Waals surface area contributed by atoms with Crippen molar-refractivity contribution in [3.63, 3.8) is 0 Å². The maximum atomic E-state index is 14.1. The highest BCUT2D eigenvalue weighted by molar-refractivity contribution is 6.10. The summed E-state index contributed by atoms with van der Waals surface area (Å²) in [5.74, 6) is -3.27. The van der Waals surface area contributed by atoms with E-state index in [4.69, 9.17) is 4.42 Å². The van der Waals surface area contributed by atoms with Gasteiger partial charge in [0, 0.05) is 43.0 Å². The first kappa shape index (κ1) is 23.6. The maximum Gasteiger partial charge on any atom is 0.421 e. The highest BCUT2D eigenvalue weighted by Crippen LogP contribution is 2.22. The van der Waals surface area contributed by atoms with Crippen LogP contribution in [0.4, 0.5) is 14.5 Å². The van der Waals surface area contributed by atoms with Crippen LogP contribution in [0.15, 0.2) is 69.9 Å². The second kappa shape index (κ2) is 9.50. The minimum Gasteiger partial charge on any atom is -0.408 e. The average Bonchev–Trinajstić information content (AvgIpc) is 3.18. The van der Waals surface area contributed by atoms with E-state index in [0.717, 1.165) is 30.9 Å². The molecule has 3 aromatic carbocycles. The van der Waals surface area contributed by atoms with Crippen molar-refractivity contribution in [1.29, 1.82) is 0 Å². The van der Waals surface area contributed by atoms with E-state index >= 15 is 0 Å². The van der Waals surface area contributed by atoms with Crippen LogP contribution >= 0.6 is 0 Å². The van der Waals surface area contributed by atoms with Crippen LogP contribution in [0.3, 0.4) is 0 Å². The number of anilines is 1. The summed E-state index contributed by atoms with van der Waals surface area (Å²) in [4.78, 5) is 41.1. The number of nitrogens with zero attached hydrogens (tertiary/aromatic N) is 3. The Balaban J connectivity index is 1.30. The first-order chi connectivity index (χ1) is 17.3. The van der Waals surface area contributed by atoms with E-state index in [-0.39, 0.29) is 16.9 Å². The molecule has 9 heteroatoms. The second-order valence-corrected chi connectivity index (χ2v) is 8.75. The fourth-order valence-electron chi connectivity index (χ4n) is 4.46. The third-order valence-corrected chi connectivity index (χ3v) is 6.47. The van der Waals surface area contributed by atoms with Crippen LogP contribution in [0.5, 0.6) is 0 Å². The summed E-state index contributed by atoms with van der Waals surface area (Å²) < 4.78 is 34.9. The Morgan fingerprint density at radius 3 is 2.17 bits per heavy atom. The van der Waals surface area contributed by atoms with Crippen LogP contribution in [0, 0.1) is 11.6 Å². The molecule has 4 aromatic rings. The number of carbonyl (C=O) groups excluding carboxylic acids is 2. The number of carbonyl (C=O) groups is 2. The normalized spacial score (nSPS) is 14.4. The highest BCUT2D eigenvalue weighted by atomic mass is 19.1. The zero-order valence-corrected chi connectivity index (χ0v) is 19.5. The van der Waals surface area contributed by atoms with E-state index in [1.165, 1.54) is 29.7 Å². The maximum absolute atomic E-state index is 14.1. The van der Waals surface area contributed by atoms with Crippen LogP contribution in [-0.4, -0.2) is 47.2 Å². The molecule has 2 heterocycles. The number of benzene rings is 3. The molecule has 1 aliphatic rings. The lowest BCUT2D eigenvalue weighted by Crippen LogP contribution is -2.47. The largest absolute Gasteiger partial charge is 0.421 e. The summed E-state index contributed by atoms with van der Waals surface area (Å²) in [5.41, 5.74) is 1.75. The lowest BCUT2D eigenvalue weighted by molar-refractivity contribution is 0.101. The Kier molecular flexibility index (Phi) is 6.24. The van der Waals surface area contributed by atoms with Gasteiger partial charge in [-0.05, 0) is 61.5 Å². The molecule has 0 amide bonds. The Labute approximate surface area is 205 Å². The second-order valence-electron chi connectivity index (χ2n) is 8.75. The van der Waals surface area contributed by atoms with E-state index in [2.05, 4.69) is 9.80 Å². The Bertz CT molecular complexity index is 1500. The van der Waals surface area contributed by atoms with Gasteiger partial charge in [-0.3, -0.25) is 19.1 Å². The molecule has 36 heavy (non-hydrogen) atoms.